The second kappa shape index (κ2) is 8.23. The number of nitrogens with zero attached hydrogens (tertiary/aromatic N) is 3. The van der Waals surface area contributed by atoms with Crippen molar-refractivity contribution >= 4 is 79.3 Å². The van der Waals surface area contributed by atoms with Gasteiger partial charge in [-0.15, -0.1) is 11.3 Å². The third kappa shape index (κ3) is 4.20. The summed E-state index contributed by atoms with van der Waals surface area (Å²) in [6.07, 6.45) is 0. The Hall–Kier alpha value is -2.26. The molecule has 1 aliphatic heterocycles. The normalized spacial score (nSPS) is 18.4. The van der Waals surface area contributed by atoms with E-state index in [0.717, 1.165) is 15.9 Å². The van der Waals surface area contributed by atoms with E-state index in [1.165, 1.54) is 11.3 Å². The summed E-state index contributed by atoms with van der Waals surface area (Å²) in [7, 11) is 0. The van der Waals surface area contributed by atoms with Gasteiger partial charge < -0.3 is 10.6 Å². The number of nitrogens with two attached hydrogens (primary N) is 1. The number of thiocarbonyl (C=S) groups is 1. The second-order valence-electron chi connectivity index (χ2n) is 6.45. The first-order valence-corrected chi connectivity index (χ1v) is 10.6. The van der Waals surface area contributed by atoms with Crippen molar-refractivity contribution in [2.75, 3.05) is 18.0 Å². The standard InChI is InChI=1S/C19H15Cl2N5OS2/c20-11-6-5-10(7-12(11)21)26-8-14(24-25-19(22)28)17(15(27)9-26)18-23-13-3-1-2-4-16(13)29-18/h1-7,17H,8-9H2,(H3,22,25,28)/b24-14+. The average molecular weight is 464 g/mol. The first kappa shape index (κ1) is 20.0. The van der Waals surface area contributed by atoms with Crippen molar-refractivity contribution in [2.24, 2.45) is 10.8 Å². The van der Waals surface area contributed by atoms with Gasteiger partial charge in [0, 0.05) is 5.69 Å². The molecule has 0 bridgehead atoms. The highest BCUT2D eigenvalue weighted by atomic mass is 35.5. The Morgan fingerprint density at radius 1 is 1.24 bits per heavy atom. The zero-order valence-electron chi connectivity index (χ0n) is 14.9. The van der Waals surface area contributed by atoms with Gasteiger partial charge >= 0.3 is 0 Å². The summed E-state index contributed by atoms with van der Waals surface area (Å²) in [4.78, 5) is 19.7. The van der Waals surface area contributed by atoms with E-state index in [0.29, 0.717) is 27.3 Å². The van der Waals surface area contributed by atoms with Crippen molar-refractivity contribution in [3.8, 4) is 0 Å². The fourth-order valence-electron chi connectivity index (χ4n) is 3.19. The highest BCUT2D eigenvalue weighted by Gasteiger charge is 2.36. The molecule has 1 atom stereocenters. The molecule has 4 rings (SSSR count). The number of nitrogens with one attached hydrogen (secondary N) is 1. The molecule has 0 radical (unpaired) electrons. The van der Waals surface area contributed by atoms with Crippen LogP contribution in [0.25, 0.3) is 10.2 Å². The van der Waals surface area contributed by atoms with Gasteiger partial charge in [0.1, 0.15) is 10.9 Å². The molecule has 3 aromatic rings. The van der Waals surface area contributed by atoms with Crippen LogP contribution >= 0.6 is 46.8 Å². The number of para-hydroxylation sites is 1. The van der Waals surface area contributed by atoms with Crippen LogP contribution < -0.4 is 16.1 Å². The van der Waals surface area contributed by atoms with E-state index in [9.17, 15) is 4.79 Å². The zero-order valence-corrected chi connectivity index (χ0v) is 18.1. The molecule has 0 aliphatic carbocycles. The molecule has 10 heteroatoms. The number of thiazole rings is 1. The van der Waals surface area contributed by atoms with Crippen LogP contribution in [-0.4, -0.2) is 34.7 Å². The molecule has 148 valence electrons. The molecule has 2 aromatic carbocycles. The minimum Gasteiger partial charge on any atom is -0.375 e. The topological polar surface area (TPSA) is 83.6 Å². The van der Waals surface area contributed by atoms with Crippen molar-refractivity contribution in [1.29, 1.82) is 0 Å². The van der Waals surface area contributed by atoms with Gasteiger partial charge in [-0.25, -0.2) is 4.98 Å². The first-order valence-electron chi connectivity index (χ1n) is 8.62. The zero-order chi connectivity index (χ0) is 20.5. The lowest BCUT2D eigenvalue weighted by molar-refractivity contribution is -0.118. The molecular weight excluding hydrogens is 449 g/mol. The SMILES string of the molecule is NC(=S)N/N=C1\CN(c2ccc(Cl)c(Cl)c2)CC(=O)C1c1nc2ccccc2s1. The smallest absolute Gasteiger partial charge is 0.184 e. The van der Waals surface area contributed by atoms with Crippen molar-refractivity contribution in [2.45, 2.75) is 5.92 Å². The van der Waals surface area contributed by atoms with Gasteiger partial charge in [0.15, 0.2) is 10.9 Å². The molecule has 3 N–H and O–H groups in total. The lowest BCUT2D eigenvalue weighted by Gasteiger charge is -2.33. The number of Topliss-reactive ketones (excluding diaryl/α,β-unsaturated/α-hetero) is 1. The Bertz CT molecular complexity index is 1110. The predicted molar refractivity (Wildman–Crippen MR) is 123 cm³/mol. The fraction of sp³-hybridized carbons (Fsp3) is 0.158. The van der Waals surface area contributed by atoms with Crippen LogP contribution in [0, 0.1) is 0 Å². The highest BCUT2D eigenvalue weighted by Crippen LogP contribution is 2.34. The quantitative estimate of drug-likeness (QED) is 0.451. The number of anilines is 1. The molecule has 1 unspecified atom stereocenters. The number of aromatic nitrogens is 1. The van der Waals surface area contributed by atoms with Gasteiger partial charge in [-0.05, 0) is 42.5 Å². The molecule has 1 aliphatic rings. The van der Waals surface area contributed by atoms with Crippen molar-refractivity contribution < 1.29 is 4.79 Å². The summed E-state index contributed by atoms with van der Waals surface area (Å²) < 4.78 is 1.02. The van der Waals surface area contributed by atoms with E-state index in [4.69, 9.17) is 41.2 Å². The number of hydrogen-bond acceptors (Lipinski definition) is 6. The molecule has 0 spiro atoms. The van der Waals surface area contributed by atoms with Crippen LogP contribution in [0.5, 0.6) is 0 Å². The number of hydrazone groups is 1. The van der Waals surface area contributed by atoms with Crippen LogP contribution in [0.15, 0.2) is 47.6 Å². The third-order valence-corrected chi connectivity index (χ3v) is 6.42. The van der Waals surface area contributed by atoms with Crippen LogP contribution in [0.3, 0.4) is 0 Å². The largest absolute Gasteiger partial charge is 0.375 e. The maximum atomic E-state index is 13.2. The Morgan fingerprint density at radius 2 is 2.03 bits per heavy atom. The number of ketones is 1. The number of piperidine rings is 1. The van der Waals surface area contributed by atoms with Crippen molar-refractivity contribution in [1.82, 2.24) is 10.4 Å². The Morgan fingerprint density at radius 3 is 2.76 bits per heavy atom. The van der Waals surface area contributed by atoms with Crippen LogP contribution in [-0.2, 0) is 4.79 Å². The number of rotatable bonds is 3. The van der Waals surface area contributed by atoms with Crippen LogP contribution in [0.1, 0.15) is 10.9 Å². The summed E-state index contributed by atoms with van der Waals surface area (Å²) in [5.41, 5.74) is 10.4. The third-order valence-electron chi connectivity index (χ3n) is 4.49. The van der Waals surface area contributed by atoms with E-state index >= 15 is 0 Å². The summed E-state index contributed by atoms with van der Waals surface area (Å²) >= 11 is 18.5. The summed E-state index contributed by atoms with van der Waals surface area (Å²) in [5.74, 6) is -0.585. The number of carbonyl (C=O) groups excluding carboxylic acids is 1. The Balaban J connectivity index is 1.71. The molecule has 29 heavy (non-hydrogen) atoms. The number of carbonyl (C=O) groups is 1. The van der Waals surface area contributed by atoms with Gasteiger partial charge in [0.2, 0.25) is 0 Å². The second-order valence-corrected chi connectivity index (χ2v) is 8.77. The molecule has 0 saturated carbocycles. The van der Waals surface area contributed by atoms with Gasteiger partial charge in [-0.1, -0.05) is 35.3 Å². The minimum absolute atomic E-state index is 0.0233. The molecule has 1 saturated heterocycles. The lowest BCUT2D eigenvalue weighted by Crippen LogP contribution is -2.47. The van der Waals surface area contributed by atoms with E-state index < -0.39 is 5.92 Å². The first-order chi connectivity index (χ1) is 13.9. The fourth-order valence-corrected chi connectivity index (χ4v) is 4.65. The molecule has 2 heterocycles. The number of halogens is 2. The van der Waals surface area contributed by atoms with Crippen LogP contribution in [0.4, 0.5) is 5.69 Å². The van der Waals surface area contributed by atoms with Gasteiger partial charge in [-0.2, -0.15) is 5.10 Å². The summed E-state index contributed by atoms with van der Waals surface area (Å²) in [6.45, 7) is 0.588. The summed E-state index contributed by atoms with van der Waals surface area (Å²) in [5, 5.41) is 5.93. The Labute approximate surface area is 186 Å². The van der Waals surface area contributed by atoms with Crippen molar-refractivity contribution in [3.05, 3.63) is 57.5 Å². The lowest BCUT2D eigenvalue weighted by atomic mass is 9.93. The van der Waals surface area contributed by atoms with Gasteiger partial charge in [0.25, 0.3) is 0 Å². The van der Waals surface area contributed by atoms with Gasteiger partial charge in [0.05, 0.1) is 39.1 Å². The van der Waals surface area contributed by atoms with Crippen LogP contribution in [0.2, 0.25) is 10.0 Å². The van der Waals surface area contributed by atoms with Gasteiger partial charge in [-0.3, -0.25) is 10.2 Å². The van der Waals surface area contributed by atoms with E-state index in [1.807, 2.05) is 35.2 Å². The van der Waals surface area contributed by atoms with Crippen molar-refractivity contribution in [3.63, 3.8) is 0 Å². The Kier molecular flexibility index (Phi) is 5.69. The number of fused-ring (bicyclic) bond motifs is 1. The monoisotopic (exact) mass is 463 g/mol. The summed E-state index contributed by atoms with van der Waals surface area (Å²) in [6, 6.07) is 13.0. The molecule has 1 aromatic heterocycles. The molecule has 1 fully saturated rings. The number of benzene rings is 2. The minimum atomic E-state index is -0.562. The molecular formula is C19H15Cl2N5OS2. The maximum Gasteiger partial charge on any atom is 0.184 e. The van der Waals surface area contributed by atoms with E-state index in [-0.39, 0.29) is 17.4 Å². The highest BCUT2D eigenvalue weighted by molar-refractivity contribution is 7.80. The van der Waals surface area contributed by atoms with E-state index in [2.05, 4.69) is 15.5 Å². The number of hydrogen-bond donors (Lipinski definition) is 2. The average Bonchev–Trinajstić information content (AvgIpc) is 3.11. The molecule has 0 amide bonds. The maximum absolute atomic E-state index is 13.2. The predicted octanol–water partition coefficient (Wildman–Crippen LogP) is 3.97. The van der Waals surface area contributed by atoms with E-state index in [1.54, 1.807) is 12.1 Å². The molecule has 6 nitrogen and oxygen atoms in total.